The van der Waals surface area contributed by atoms with E-state index in [1.807, 2.05) is 22.7 Å². The van der Waals surface area contributed by atoms with Crippen molar-refractivity contribution in [1.29, 1.82) is 0 Å². The van der Waals surface area contributed by atoms with Gasteiger partial charge in [-0.25, -0.2) is 4.79 Å². The predicted octanol–water partition coefficient (Wildman–Crippen LogP) is 2.78. The summed E-state index contributed by atoms with van der Waals surface area (Å²) in [7, 11) is 0. The maximum Gasteiger partial charge on any atom is 0.317 e. The van der Waals surface area contributed by atoms with Gasteiger partial charge in [-0.2, -0.15) is 0 Å². The first kappa shape index (κ1) is 17.1. The largest absolute Gasteiger partial charge is 0.356 e. The van der Waals surface area contributed by atoms with E-state index in [0.717, 1.165) is 44.6 Å². The third-order valence-electron chi connectivity index (χ3n) is 4.80. The second kappa shape index (κ2) is 7.92. The Kier molecular flexibility index (Phi) is 5.66. The van der Waals surface area contributed by atoms with Crippen molar-refractivity contribution in [1.82, 2.24) is 15.5 Å². The van der Waals surface area contributed by atoms with E-state index in [9.17, 15) is 9.59 Å². The lowest BCUT2D eigenvalue weighted by Crippen LogP contribution is -2.47. The Morgan fingerprint density at radius 2 is 1.96 bits per heavy atom. The molecule has 5 nitrogen and oxygen atoms in total. The van der Waals surface area contributed by atoms with Gasteiger partial charge in [-0.1, -0.05) is 18.2 Å². The predicted molar refractivity (Wildman–Crippen MR) is 96.0 cm³/mol. The number of piperidine rings is 1. The highest BCUT2D eigenvalue weighted by Gasteiger charge is 2.27. The number of amides is 3. The summed E-state index contributed by atoms with van der Waals surface area (Å²) >= 11 is 1.86. The lowest BCUT2D eigenvalue weighted by atomic mass is 9.97. The molecule has 1 saturated heterocycles. The summed E-state index contributed by atoms with van der Waals surface area (Å²) in [6, 6.07) is 8.50. The number of carbonyl (C=O) groups is 2. The van der Waals surface area contributed by atoms with E-state index >= 15 is 0 Å². The lowest BCUT2D eigenvalue weighted by molar-refractivity contribution is -0.119. The van der Waals surface area contributed by atoms with Gasteiger partial charge in [-0.05, 0) is 36.8 Å². The van der Waals surface area contributed by atoms with Gasteiger partial charge in [0.05, 0.1) is 6.04 Å². The molecular weight excluding hydrogens is 322 g/mol. The first-order valence-corrected chi connectivity index (χ1v) is 9.63. The van der Waals surface area contributed by atoms with Crippen molar-refractivity contribution >= 4 is 23.7 Å². The average molecular weight is 347 g/mol. The Hall–Kier alpha value is -1.69. The fourth-order valence-corrected chi connectivity index (χ4v) is 4.49. The molecule has 1 aromatic rings. The Labute approximate surface area is 147 Å². The fraction of sp³-hybridized carbons (Fsp3) is 0.556. The van der Waals surface area contributed by atoms with Gasteiger partial charge in [0.1, 0.15) is 0 Å². The summed E-state index contributed by atoms with van der Waals surface area (Å²) in [6.07, 6.45) is 2.88. The minimum absolute atomic E-state index is 0.0176. The molecule has 0 bridgehead atoms. The number of likely N-dealkylation sites (tertiary alicyclic amines) is 1. The molecule has 1 aromatic carbocycles. The number of hydrogen-bond acceptors (Lipinski definition) is 3. The molecule has 0 saturated carbocycles. The average Bonchev–Trinajstić information content (AvgIpc) is 2.60. The molecule has 130 valence electrons. The number of nitrogens with zero attached hydrogens (tertiary/aromatic N) is 1. The second-order valence-corrected chi connectivity index (χ2v) is 7.68. The molecule has 2 heterocycles. The van der Waals surface area contributed by atoms with Crippen LogP contribution < -0.4 is 10.6 Å². The van der Waals surface area contributed by atoms with Crippen molar-refractivity contribution in [3.8, 4) is 0 Å². The molecule has 3 rings (SSSR count). The van der Waals surface area contributed by atoms with Gasteiger partial charge in [-0.3, -0.25) is 4.79 Å². The van der Waals surface area contributed by atoms with E-state index in [0.29, 0.717) is 5.92 Å². The minimum atomic E-state index is 0.0176. The van der Waals surface area contributed by atoms with E-state index in [1.165, 1.54) is 10.5 Å². The van der Waals surface area contributed by atoms with Crippen LogP contribution in [0.5, 0.6) is 0 Å². The summed E-state index contributed by atoms with van der Waals surface area (Å²) < 4.78 is 0. The highest BCUT2D eigenvalue weighted by molar-refractivity contribution is 7.99. The minimum Gasteiger partial charge on any atom is -0.356 e. The number of urea groups is 1. The van der Waals surface area contributed by atoms with Gasteiger partial charge in [0.25, 0.3) is 0 Å². The Bertz CT molecular complexity index is 600. The smallest absolute Gasteiger partial charge is 0.317 e. The third-order valence-corrected chi connectivity index (χ3v) is 5.92. The van der Waals surface area contributed by atoms with Crippen LogP contribution in [0.3, 0.4) is 0 Å². The molecule has 2 N–H and O–H groups in total. The summed E-state index contributed by atoms with van der Waals surface area (Å²) in [5.41, 5.74) is 1.24. The highest BCUT2D eigenvalue weighted by Crippen LogP contribution is 2.35. The summed E-state index contributed by atoms with van der Waals surface area (Å²) in [5.74, 6) is 1.54. The topological polar surface area (TPSA) is 61.4 Å². The molecule has 0 spiro atoms. The van der Waals surface area contributed by atoms with E-state index in [2.05, 4.69) is 28.8 Å². The van der Waals surface area contributed by atoms with E-state index in [4.69, 9.17) is 0 Å². The molecule has 1 fully saturated rings. The zero-order valence-electron chi connectivity index (χ0n) is 14.1. The number of carbonyl (C=O) groups excluding carboxylic acids is 2. The molecule has 2 aliphatic rings. The number of benzene rings is 1. The molecule has 3 amide bonds. The molecule has 24 heavy (non-hydrogen) atoms. The van der Waals surface area contributed by atoms with Crippen molar-refractivity contribution in [2.24, 2.45) is 5.92 Å². The molecule has 6 heteroatoms. The van der Waals surface area contributed by atoms with E-state index in [-0.39, 0.29) is 18.0 Å². The SMILES string of the molecule is CC(=O)NCC1CCN(C(=O)N[C@@H]2CCSc3ccccc32)CC1. The molecule has 0 unspecified atom stereocenters. The number of nitrogens with one attached hydrogen (secondary N) is 2. The van der Waals surface area contributed by atoms with E-state index in [1.54, 1.807) is 6.92 Å². The Morgan fingerprint density at radius 3 is 2.71 bits per heavy atom. The number of fused-ring (bicyclic) bond motifs is 1. The first-order chi connectivity index (χ1) is 11.6. The summed E-state index contributed by atoms with van der Waals surface area (Å²) in [6.45, 7) is 3.79. The van der Waals surface area contributed by atoms with Gasteiger partial charge in [-0.15, -0.1) is 11.8 Å². The van der Waals surface area contributed by atoms with Gasteiger partial charge in [0, 0.05) is 37.2 Å². The van der Waals surface area contributed by atoms with Crippen LogP contribution in [0.15, 0.2) is 29.2 Å². The normalized spacial score (nSPS) is 21.0. The van der Waals surface area contributed by atoms with Crippen LogP contribution in [0.4, 0.5) is 4.79 Å². The molecule has 1 atom stereocenters. The number of rotatable bonds is 3. The zero-order valence-corrected chi connectivity index (χ0v) is 14.9. The molecule has 0 aliphatic carbocycles. The zero-order chi connectivity index (χ0) is 16.9. The van der Waals surface area contributed by atoms with Crippen LogP contribution in [0.25, 0.3) is 0 Å². The number of thioether (sulfide) groups is 1. The van der Waals surface area contributed by atoms with Crippen LogP contribution in [0.1, 0.15) is 37.8 Å². The highest BCUT2D eigenvalue weighted by atomic mass is 32.2. The summed E-state index contributed by atoms with van der Waals surface area (Å²) in [5, 5.41) is 6.09. The maximum atomic E-state index is 12.6. The van der Waals surface area contributed by atoms with Gasteiger partial charge >= 0.3 is 6.03 Å². The van der Waals surface area contributed by atoms with Gasteiger partial charge in [0.2, 0.25) is 5.91 Å². The Balaban J connectivity index is 1.51. The van der Waals surface area contributed by atoms with Crippen LogP contribution in [-0.2, 0) is 4.79 Å². The van der Waals surface area contributed by atoms with Crippen LogP contribution in [-0.4, -0.2) is 42.2 Å². The monoisotopic (exact) mass is 347 g/mol. The van der Waals surface area contributed by atoms with Crippen molar-refractivity contribution < 1.29 is 9.59 Å². The van der Waals surface area contributed by atoms with Crippen LogP contribution in [0.2, 0.25) is 0 Å². The summed E-state index contributed by atoms with van der Waals surface area (Å²) in [4.78, 5) is 26.8. The van der Waals surface area contributed by atoms with Crippen molar-refractivity contribution in [2.45, 2.75) is 37.1 Å². The third kappa shape index (κ3) is 4.23. The molecule has 0 aromatic heterocycles. The van der Waals surface area contributed by atoms with Crippen molar-refractivity contribution in [3.05, 3.63) is 29.8 Å². The van der Waals surface area contributed by atoms with Crippen LogP contribution in [0, 0.1) is 5.92 Å². The number of hydrogen-bond donors (Lipinski definition) is 2. The second-order valence-electron chi connectivity index (χ2n) is 6.54. The quantitative estimate of drug-likeness (QED) is 0.884. The lowest BCUT2D eigenvalue weighted by Gasteiger charge is -2.34. The maximum absolute atomic E-state index is 12.6. The Morgan fingerprint density at radius 1 is 1.21 bits per heavy atom. The molecule has 0 radical (unpaired) electrons. The first-order valence-electron chi connectivity index (χ1n) is 8.65. The van der Waals surface area contributed by atoms with Gasteiger partial charge < -0.3 is 15.5 Å². The van der Waals surface area contributed by atoms with Crippen molar-refractivity contribution in [2.75, 3.05) is 25.4 Å². The van der Waals surface area contributed by atoms with Gasteiger partial charge in [0.15, 0.2) is 0 Å². The molecular formula is C18H25N3O2S. The van der Waals surface area contributed by atoms with E-state index < -0.39 is 0 Å². The van der Waals surface area contributed by atoms with Crippen LogP contribution >= 0.6 is 11.8 Å². The standard InChI is InChI=1S/C18H25N3O2S/c1-13(22)19-12-14-6-9-21(10-7-14)18(23)20-16-8-11-24-17-5-3-2-4-15(16)17/h2-5,14,16H,6-12H2,1H3,(H,19,22)(H,20,23)/t16-/m1/s1. The fourth-order valence-electron chi connectivity index (χ4n) is 3.36. The molecule has 2 aliphatic heterocycles. The van der Waals surface area contributed by atoms with Crippen molar-refractivity contribution in [3.63, 3.8) is 0 Å².